The van der Waals surface area contributed by atoms with E-state index >= 15 is 0 Å². The summed E-state index contributed by atoms with van der Waals surface area (Å²) < 4.78 is 4.57. The lowest BCUT2D eigenvalue weighted by Crippen LogP contribution is -2.28. The number of anilines is 2. The van der Waals surface area contributed by atoms with E-state index in [-0.39, 0.29) is 12.5 Å². The van der Waals surface area contributed by atoms with Crippen LogP contribution >= 0.6 is 0 Å². The van der Waals surface area contributed by atoms with Crippen LogP contribution in [0.5, 0.6) is 0 Å². The fraction of sp³-hybridized carbons (Fsp3) is 0.111. The van der Waals surface area contributed by atoms with Gasteiger partial charge in [-0.3, -0.25) is 4.79 Å². The molecule has 1 fully saturated rings. The van der Waals surface area contributed by atoms with Gasteiger partial charge in [-0.2, -0.15) is 0 Å². The zero-order chi connectivity index (χ0) is 10.1. The molecule has 5 nitrogen and oxygen atoms in total. The second kappa shape index (κ2) is 3.02. The zero-order valence-electron chi connectivity index (χ0n) is 7.27. The average Bonchev–Trinajstić information content (AvgIpc) is 2.49. The van der Waals surface area contributed by atoms with Gasteiger partial charge < -0.3 is 10.5 Å². The van der Waals surface area contributed by atoms with E-state index in [1.54, 1.807) is 24.3 Å². The standard InChI is InChI=1S/C9H8N2O3/c10-6-1-3-7(4-2-6)11-8(12)5-14-9(11)13/h1-4H,5,10H2. The average molecular weight is 192 g/mol. The van der Waals surface area contributed by atoms with Gasteiger partial charge in [0.05, 0.1) is 5.69 Å². The summed E-state index contributed by atoms with van der Waals surface area (Å²) in [5.74, 6) is -0.361. The predicted molar refractivity (Wildman–Crippen MR) is 49.7 cm³/mol. The molecule has 1 aromatic rings. The maximum Gasteiger partial charge on any atom is 0.421 e. The molecule has 1 saturated heterocycles. The molecule has 0 unspecified atom stereocenters. The second-order valence-electron chi connectivity index (χ2n) is 2.88. The van der Waals surface area contributed by atoms with Crippen molar-refractivity contribution >= 4 is 23.4 Å². The fourth-order valence-corrected chi connectivity index (χ4v) is 1.23. The third-order valence-electron chi connectivity index (χ3n) is 1.90. The molecule has 0 saturated carbocycles. The largest absolute Gasteiger partial charge is 0.439 e. The first-order valence-electron chi connectivity index (χ1n) is 4.04. The third kappa shape index (κ3) is 1.28. The first kappa shape index (κ1) is 8.55. The number of carbonyl (C=O) groups is 2. The van der Waals surface area contributed by atoms with Gasteiger partial charge in [0.2, 0.25) is 0 Å². The molecule has 1 aliphatic heterocycles. The van der Waals surface area contributed by atoms with Gasteiger partial charge in [-0.25, -0.2) is 9.69 Å². The van der Waals surface area contributed by atoms with Crippen LogP contribution in [-0.2, 0) is 9.53 Å². The number of hydrogen-bond acceptors (Lipinski definition) is 4. The number of hydrogen-bond donors (Lipinski definition) is 1. The highest BCUT2D eigenvalue weighted by atomic mass is 16.6. The second-order valence-corrected chi connectivity index (χ2v) is 2.88. The van der Waals surface area contributed by atoms with E-state index in [9.17, 15) is 9.59 Å². The van der Waals surface area contributed by atoms with E-state index < -0.39 is 6.09 Å². The summed E-state index contributed by atoms with van der Waals surface area (Å²) in [6.45, 7) is -0.191. The highest BCUT2D eigenvalue weighted by molar-refractivity contribution is 6.16. The van der Waals surface area contributed by atoms with Gasteiger partial charge in [-0.05, 0) is 24.3 Å². The molecule has 14 heavy (non-hydrogen) atoms. The van der Waals surface area contributed by atoms with Crippen molar-refractivity contribution in [1.82, 2.24) is 0 Å². The van der Waals surface area contributed by atoms with Crippen LogP contribution in [0.3, 0.4) is 0 Å². The first-order chi connectivity index (χ1) is 6.68. The molecule has 0 bridgehead atoms. The number of nitrogens with two attached hydrogens (primary N) is 1. The smallest absolute Gasteiger partial charge is 0.421 e. The van der Waals surface area contributed by atoms with E-state index in [1.807, 2.05) is 0 Å². The zero-order valence-corrected chi connectivity index (χ0v) is 7.27. The lowest BCUT2D eigenvalue weighted by Gasteiger charge is -2.10. The normalized spacial score (nSPS) is 15.9. The minimum Gasteiger partial charge on any atom is -0.439 e. The number of nitrogen functional groups attached to an aromatic ring is 1. The van der Waals surface area contributed by atoms with Gasteiger partial charge in [-0.15, -0.1) is 0 Å². The number of ether oxygens (including phenoxy) is 1. The maximum absolute atomic E-state index is 11.2. The fourth-order valence-electron chi connectivity index (χ4n) is 1.23. The molecular weight excluding hydrogens is 184 g/mol. The molecule has 0 aromatic heterocycles. The third-order valence-corrected chi connectivity index (χ3v) is 1.90. The molecule has 2 amide bonds. The molecule has 72 valence electrons. The van der Waals surface area contributed by atoms with E-state index in [1.165, 1.54) is 0 Å². The minimum atomic E-state index is -0.639. The summed E-state index contributed by atoms with van der Waals surface area (Å²) in [6.07, 6.45) is -0.639. The number of rotatable bonds is 1. The molecule has 1 heterocycles. The van der Waals surface area contributed by atoms with Crippen LogP contribution in [0, 0.1) is 0 Å². The number of amides is 2. The summed E-state index contributed by atoms with van der Waals surface area (Å²) in [6, 6.07) is 6.43. The number of cyclic esters (lactones) is 1. The molecule has 0 radical (unpaired) electrons. The summed E-state index contributed by atoms with van der Waals surface area (Å²) >= 11 is 0. The topological polar surface area (TPSA) is 72.6 Å². The molecule has 2 rings (SSSR count). The number of nitrogens with zero attached hydrogens (tertiary/aromatic N) is 1. The van der Waals surface area contributed by atoms with Gasteiger partial charge in [0.25, 0.3) is 5.91 Å². The van der Waals surface area contributed by atoms with Crippen molar-refractivity contribution in [3.05, 3.63) is 24.3 Å². The predicted octanol–water partition coefficient (Wildman–Crippen LogP) is 0.752. The Hall–Kier alpha value is -2.04. The number of carbonyl (C=O) groups excluding carboxylic acids is 2. The molecule has 0 aliphatic carbocycles. The van der Waals surface area contributed by atoms with Crippen LogP contribution in [0.1, 0.15) is 0 Å². The number of benzene rings is 1. The SMILES string of the molecule is Nc1ccc(N2C(=O)COC2=O)cc1. The number of imide groups is 1. The Morgan fingerprint density at radius 3 is 2.36 bits per heavy atom. The molecule has 5 heteroatoms. The van der Waals surface area contributed by atoms with Crippen molar-refractivity contribution in [3.8, 4) is 0 Å². The lowest BCUT2D eigenvalue weighted by molar-refractivity contribution is -0.117. The van der Waals surface area contributed by atoms with Crippen molar-refractivity contribution in [3.63, 3.8) is 0 Å². The van der Waals surface area contributed by atoms with Crippen LogP contribution in [-0.4, -0.2) is 18.6 Å². The van der Waals surface area contributed by atoms with Crippen molar-refractivity contribution in [2.45, 2.75) is 0 Å². The van der Waals surface area contributed by atoms with Crippen LogP contribution in [0.4, 0.5) is 16.2 Å². The summed E-state index contributed by atoms with van der Waals surface area (Å²) in [5.41, 5.74) is 6.53. The van der Waals surface area contributed by atoms with Crippen LogP contribution in [0.25, 0.3) is 0 Å². The van der Waals surface area contributed by atoms with Crippen molar-refractivity contribution < 1.29 is 14.3 Å². The van der Waals surface area contributed by atoms with E-state index in [0.717, 1.165) is 4.90 Å². The highest BCUT2D eigenvalue weighted by Crippen LogP contribution is 2.20. The monoisotopic (exact) mass is 192 g/mol. The minimum absolute atomic E-state index is 0.191. The summed E-state index contributed by atoms with van der Waals surface area (Å²) in [7, 11) is 0. The quantitative estimate of drug-likeness (QED) is 0.666. The molecule has 0 atom stereocenters. The summed E-state index contributed by atoms with van der Waals surface area (Å²) in [5, 5.41) is 0. The van der Waals surface area contributed by atoms with Gasteiger partial charge in [0, 0.05) is 5.69 Å². The van der Waals surface area contributed by atoms with Crippen molar-refractivity contribution in [1.29, 1.82) is 0 Å². The van der Waals surface area contributed by atoms with Crippen LogP contribution in [0.15, 0.2) is 24.3 Å². The molecule has 0 spiro atoms. The Morgan fingerprint density at radius 1 is 1.21 bits per heavy atom. The van der Waals surface area contributed by atoms with Crippen LogP contribution < -0.4 is 10.6 Å². The van der Waals surface area contributed by atoms with Gasteiger partial charge in [0.1, 0.15) is 0 Å². The Morgan fingerprint density at radius 2 is 1.86 bits per heavy atom. The Balaban J connectivity index is 2.34. The van der Waals surface area contributed by atoms with E-state index in [4.69, 9.17) is 5.73 Å². The van der Waals surface area contributed by atoms with E-state index in [2.05, 4.69) is 4.74 Å². The summed E-state index contributed by atoms with van der Waals surface area (Å²) in [4.78, 5) is 23.3. The van der Waals surface area contributed by atoms with Crippen molar-refractivity contribution in [2.24, 2.45) is 0 Å². The van der Waals surface area contributed by atoms with Crippen molar-refractivity contribution in [2.75, 3.05) is 17.2 Å². The first-order valence-corrected chi connectivity index (χ1v) is 4.04. The van der Waals surface area contributed by atoms with Gasteiger partial charge >= 0.3 is 6.09 Å². The molecular formula is C9H8N2O3. The molecule has 1 aromatic carbocycles. The molecule has 2 N–H and O–H groups in total. The maximum atomic E-state index is 11.2. The highest BCUT2D eigenvalue weighted by Gasteiger charge is 2.32. The Kier molecular flexibility index (Phi) is 1.85. The Bertz CT molecular complexity index is 370. The van der Waals surface area contributed by atoms with Gasteiger partial charge in [0.15, 0.2) is 6.61 Å². The molecule has 1 aliphatic rings. The lowest BCUT2D eigenvalue weighted by atomic mass is 10.2. The van der Waals surface area contributed by atoms with Gasteiger partial charge in [-0.1, -0.05) is 0 Å². The van der Waals surface area contributed by atoms with E-state index in [0.29, 0.717) is 11.4 Å². The Labute approximate surface area is 80.1 Å². The van der Waals surface area contributed by atoms with Crippen LogP contribution in [0.2, 0.25) is 0 Å².